The van der Waals surface area contributed by atoms with Crippen molar-refractivity contribution in [3.05, 3.63) is 29.3 Å². The summed E-state index contributed by atoms with van der Waals surface area (Å²) in [4.78, 5) is 2.39. The fourth-order valence-electron chi connectivity index (χ4n) is 2.21. The van der Waals surface area contributed by atoms with Crippen LogP contribution in [-0.2, 0) is 6.42 Å². The summed E-state index contributed by atoms with van der Waals surface area (Å²) in [5, 5.41) is 8.81. The molecule has 2 rings (SSSR count). The second-order valence-electron chi connectivity index (χ2n) is 4.16. The summed E-state index contributed by atoms with van der Waals surface area (Å²) in [5.41, 5.74) is 3.68. The molecular weight excluding hydrogens is 184 g/mol. The van der Waals surface area contributed by atoms with Crippen molar-refractivity contribution in [1.29, 1.82) is 5.26 Å². The molecule has 15 heavy (non-hydrogen) atoms. The van der Waals surface area contributed by atoms with Crippen LogP contribution in [0.3, 0.4) is 0 Å². The largest absolute Gasteiger partial charge is 0.371 e. The number of aryl methyl sites for hydroxylation is 1. The maximum Gasteiger partial charge on any atom is 0.0670 e. The van der Waals surface area contributed by atoms with Crippen LogP contribution < -0.4 is 4.90 Å². The fourth-order valence-corrected chi connectivity index (χ4v) is 2.21. The standard InChI is InChI=1S/C13H16N2/c1-11-4-5-13(12(10-11)6-7-14)15-8-2-3-9-15/h4-5,10H,2-3,6,8-9H2,1H3. The van der Waals surface area contributed by atoms with Gasteiger partial charge in [-0.1, -0.05) is 17.7 Å². The molecule has 0 bridgehead atoms. The zero-order chi connectivity index (χ0) is 10.7. The van der Waals surface area contributed by atoms with Gasteiger partial charge < -0.3 is 4.90 Å². The van der Waals surface area contributed by atoms with Gasteiger partial charge in [0, 0.05) is 18.8 Å². The van der Waals surface area contributed by atoms with Gasteiger partial charge in [-0.15, -0.1) is 0 Å². The molecule has 1 heterocycles. The Bertz CT molecular complexity index is 384. The molecular formula is C13H16N2. The van der Waals surface area contributed by atoms with Gasteiger partial charge in [0.1, 0.15) is 0 Å². The van der Waals surface area contributed by atoms with E-state index >= 15 is 0 Å². The second kappa shape index (κ2) is 4.35. The molecule has 78 valence electrons. The molecule has 0 aromatic heterocycles. The molecule has 1 aromatic rings. The molecule has 0 saturated carbocycles. The van der Waals surface area contributed by atoms with E-state index in [-0.39, 0.29) is 0 Å². The number of nitriles is 1. The second-order valence-corrected chi connectivity index (χ2v) is 4.16. The minimum Gasteiger partial charge on any atom is -0.371 e. The maximum absolute atomic E-state index is 8.81. The molecule has 0 atom stereocenters. The summed E-state index contributed by atoms with van der Waals surface area (Å²) in [5.74, 6) is 0. The van der Waals surface area contributed by atoms with Crippen molar-refractivity contribution < 1.29 is 0 Å². The molecule has 0 radical (unpaired) electrons. The van der Waals surface area contributed by atoms with Gasteiger partial charge in [0.25, 0.3) is 0 Å². The Kier molecular flexibility index (Phi) is 2.91. The van der Waals surface area contributed by atoms with Crippen LogP contribution in [0.2, 0.25) is 0 Å². The van der Waals surface area contributed by atoms with Crippen LogP contribution in [0.25, 0.3) is 0 Å². The number of benzene rings is 1. The lowest BCUT2D eigenvalue weighted by Gasteiger charge is -2.20. The van der Waals surface area contributed by atoms with Crippen LogP contribution >= 0.6 is 0 Å². The summed E-state index contributed by atoms with van der Waals surface area (Å²) in [6.07, 6.45) is 3.08. The minimum absolute atomic E-state index is 0.521. The molecule has 1 aromatic carbocycles. The number of rotatable bonds is 2. The molecule has 0 aliphatic carbocycles. The van der Waals surface area contributed by atoms with Gasteiger partial charge in [-0.25, -0.2) is 0 Å². The van der Waals surface area contributed by atoms with Crippen molar-refractivity contribution in [2.45, 2.75) is 26.2 Å². The van der Waals surface area contributed by atoms with Crippen molar-refractivity contribution in [2.75, 3.05) is 18.0 Å². The Hall–Kier alpha value is -1.49. The average molecular weight is 200 g/mol. The van der Waals surface area contributed by atoms with Crippen molar-refractivity contribution in [3.8, 4) is 6.07 Å². The molecule has 0 N–H and O–H groups in total. The molecule has 1 aliphatic rings. The third-order valence-electron chi connectivity index (χ3n) is 2.95. The molecule has 1 saturated heterocycles. The lowest BCUT2D eigenvalue weighted by molar-refractivity contribution is 0.949. The SMILES string of the molecule is Cc1ccc(N2CCCC2)c(CC#N)c1. The van der Waals surface area contributed by atoms with E-state index < -0.39 is 0 Å². The summed E-state index contributed by atoms with van der Waals surface area (Å²) < 4.78 is 0. The van der Waals surface area contributed by atoms with Gasteiger partial charge in [0.2, 0.25) is 0 Å². The van der Waals surface area contributed by atoms with Crippen LogP contribution in [0.4, 0.5) is 5.69 Å². The predicted molar refractivity (Wildman–Crippen MR) is 61.9 cm³/mol. The Balaban J connectivity index is 2.32. The first-order chi connectivity index (χ1) is 7.31. The van der Waals surface area contributed by atoms with Crippen LogP contribution in [0, 0.1) is 18.3 Å². The molecule has 0 spiro atoms. The highest BCUT2D eigenvalue weighted by Gasteiger charge is 2.15. The van der Waals surface area contributed by atoms with Gasteiger partial charge in [0.05, 0.1) is 12.5 Å². The van der Waals surface area contributed by atoms with E-state index in [0.29, 0.717) is 6.42 Å². The van der Waals surface area contributed by atoms with Crippen LogP contribution in [-0.4, -0.2) is 13.1 Å². The van der Waals surface area contributed by atoms with Crippen molar-refractivity contribution in [1.82, 2.24) is 0 Å². The van der Waals surface area contributed by atoms with Crippen LogP contribution in [0.15, 0.2) is 18.2 Å². The molecule has 1 aliphatic heterocycles. The number of anilines is 1. The normalized spacial score (nSPS) is 15.3. The van der Waals surface area contributed by atoms with Crippen LogP contribution in [0.1, 0.15) is 24.0 Å². The van der Waals surface area contributed by atoms with E-state index in [9.17, 15) is 0 Å². The van der Waals surface area contributed by atoms with Gasteiger partial charge in [-0.2, -0.15) is 5.26 Å². The van der Waals surface area contributed by atoms with Crippen molar-refractivity contribution >= 4 is 5.69 Å². The van der Waals surface area contributed by atoms with E-state index in [0.717, 1.165) is 13.1 Å². The van der Waals surface area contributed by atoms with Crippen molar-refractivity contribution in [3.63, 3.8) is 0 Å². The van der Waals surface area contributed by atoms with E-state index in [4.69, 9.17) is 5.26 Å². The third kappa shape index (κ3) is 2.12. The summed E-state index contributed by atoms with van der Waals surface area (Å²) in [7, 11) is 0. The molecule has 1 fully saturated rings. The van der Waals surface area contributed by atoms with Gasteiger partial charge in [0.15, 0.2) is 0 Å². The number of hydrogen-bond acceptors (Lipinski definition) is 2. The quantitative estimate of drug-likeness (QED) is 0.734. The summed E-state index contributed by atoms with van der Waals surface area (Å²) in [6.45, 7) is 4.36. The average Bonchev–Trinajstić information content (AvgIpc) is 2.71. The smallest absolute Gasteiger partial charge is 0.0670 e. The highest BCUT2D eigenvalue weighted by Crippen LogP contribution is 2.25. The maximum atomic E-state index is 8.81. The topological polar surface area (TPSA) is 27.0 Å². The predicted octanol–water partition coefficient (Wildman–Crippen LogP) is 2.66. The lowest BCUT2D eigenvalue weighted by atomic mass is 10.1. The van der Waals surface area contributed by atoms with Gasteiger partial charge >= 0.3 is 0 Å². The summed E-state index contributed by atoms with van der Waals surface area (Å²) >= 11 is 0. The Morgan fingerprint density at radius 2 is 2.07 bits per heavy atom. The zero-order valence-electron chi connectivity index (χ0n) is 9.16. The van der Waals surface area contributed by atoms with Gasteiger partial charge in [-0.05, 0) is 31.4 Å². The van der Waals surface area contributed by atoms with Crippen molar-refractivity contribution in [2.24, 2.45) is 0 Å². The third-order valence-corrected chi connectivity index (χ3v) is 2.95. The molecule has 0 unspecified atom stereocenters. The Morgan fingerprint density at radius 1 is 1.33 bits per heavy atom. The first-order valence-corrected chi connectivity index (χ1v) is 5.52. The number of nitrogens with zero attached hydrogens (tertiary/aromatic N) is 2. The first kappa shape index (κ1) is 10.0. The fraction of sp³-hybridized carbons (Fsp3) is 0.462. The first-order valence-electron chi connectivity index (χ1n) is 5.52. The highest BCUT2D eigenvalue weighted by atomic mass is 15.1. The van der Waals surface area contributed by atoms with E-state index in [1.54, 1.807) is 0 Å². The lowest BCUT2D eigenvalue weighted by Crippen LogP contribution is -2.19. The van der Waals surface area contributed by atoms with Crippen LogP contribution in [0.5, 0.6) is 0 Å². The van der Waals surface area contributed by atoms with E-state index in [1.165, 1.54) is 29.7 Å². The minimum atomic E-state index is 0.521. The van der Waals surface area contributed by atoms with E-state index in [2.05, 4.69) is 36.1 Å². The zero-order valence-corrected chi connectivity index (χ0v) is 9.16. The number of hydrogen-bond donors (Lipinski definition) is 0. The Morgan fingerprint density at radius 3 is 2.73 bits per heavy atom. The molecule has 0 amide bonds. The summed E-state index contributed by atoms with van der Waals surface area (Å²) in [6, 6.07) is 8.68. The van der Waals surface area contributed by atoms with Gasteiger partial charge in [-0.3, -0.25) is 0 Å². The Labute approximate surface area is 91.1 Å². The monoisotopic (exact) mass is 200 g/mol. The highest BCUT2D eigenvalue weighted by molar-refractivity contribution is 5.56. The molecule has 2 nitrogen and oxygen atoms in total. The molecule has 2 heteroatoms. The van der Waals surface area contributed by atoms with E-state index in [1.807, 2.05) is 0 Å².